The van der Waals surface area contributed by atoms with Gasteiger partial charge in [-0.15, -0.1) is 25.5 Å². The summed E-state index contributed by atoms with van der Waals surface area (Å²) < 4.78 is 3.76. The average molecular weight is 308 g/mol. The van der Waals surface area contributed by atoms with Crippen molar-refractivity contribution in [3.63, 3.8) is 0 Å². The van der Waals surface area contributed by atoms with E-state index < -0.39 is 0 Å². The quantitative estimate of drug-likeness (QED) is 0.566. The first-order chi connectivity index (χ1) is 11.3. The van der Waals surface area contributed by atoms with Gasteiger partial charge in [-0.1, -0.05) is 13.0 Å². The number of anilines is 1. The lowest BCUT2D eigenvalue weighted by atomic mass is 10.4. The number of hydrogen-bond donors (Lipinski definition) is 0. The first-order valence-corrected chi connectivity index (χ1v) is 7.47. The first-order valence-electron chi connectivity index (χ1n) is 7.47. The second-order valence-corrected chi connectivity index (χ2v) is 5.33. The minimum absolute atomic E-state index is 0.604. The number of rotatable bonds is 4. The highest BCUT2D eigenvalue weighted by atomic mass is 15.4. The molecule has 0 amide bonds. The van der Waals surface area contributed by atoms with E-state index in [1.807, 2.05) is 59.8 Å². The maximum atomic E-state index is 4.63. The molecule has 0 atom stereocenters. The normalized spacial score (nSPS) is 11.4. The number of aryl methyl sites for hydroxylation is 1. The predicted octanol–water partition coefficient (Wildman–Crippen LogP) is 1.37. The SMILES string of the molecule is CCc1nnc2ccc(N(C)Cc3nnc4ccccn34)nn12. The number of aromatic nitrogens is 7. The molecule has 0 aromatic carbocycles. The summed E-state index contributed by atoms with van der Waals surface area (Å²) in [6.45, 7) is 2.64. The summed E-state index contributed by atoms with van der Waals surface area (Å²) in [5.74, 6) is 2.55. The molecule has 0 aliphatic rings. The van der Waals surface area contributed by atoms with Crippen LogP contribution in [0.2, 0.25) is 0 Å². The largest absolute Gasteiger partial charge is 0.351 e. The van der Waals surface area contributed by atoms with Gasteiger partial charge in [-0.2, -0.15) is 4.52 Å². The van der Waals surface area contributed by atoms with Gasteiger partial charge in [-0.3, -0.25) is 4.40 Å². The van der Waals surface area contributed by atoms with E-state index in [9.17, 15) is 0 Å². The van der Waals surface area contributed by atoms with Crippen LogP contribution in [0, 0.1) is 0 Å². The maximum Gasteiger partial charge on any atom is 0.178 e. The van der Waals surface area contributed by atoms with Crippen LogP contribution in [0.4, 0.5) is 5.82 Å². The molecule has 116 valence electrons. The van der Waals surface area contributed by atoms with E-state index in [1.165, 1.54) is 0 Å². The summed E-state index contributed by atoms with van der Waals surface area (Å²) in [7, 11) is 1.98. The third kappa shape index (κ3) is 2.28. The molecule has 0 radical (unpaired) electrons. The van der Waals surface area contributed by atoms with Gasteiger partial charge in [0.1, 0.15) is 5.82 Å². The Labute approximate surface area is 132 Å². The number of nitrogens with zero attached hydrogens (tertiary/aromatic N) is 8. The molecule has 8 nitrogen and oxygen atoms in total. The van der Waals surface area contributed by atoms with Crippen LogP contribution < -0.4 is 4.90 Å². The molecule has 4 heterocycles. The van der Waals surface area contributed by atoms with E-state index in [1.54, 1.807) is 4.52 Å². The molecule has 0 fully saturated rings. The molecule has 0 saturated heterocycles. The molecule has 0 bridgehead atoms. The summed E-state index contributed by atoms with van der Waals surface area (Å²) in [5, 5.41) is 21.3. The predicted molar refractivity (Wildman–Crippen MR) is 85.3 cm³/mol. The van der Waals surface area contributed by atoms with Crippen LogP contribution in [0.3, 0.4) is 0 Å². The van der Waals surface area contributed by atoms with Crippen molar-refractivity contribution in [3.05, 3.63) is 48.2 Å². The van der Waals surface area contributed by atoms with E-state index in [4.69, 9.17) is 0 Å². The van der Waals surface area contributed by atoms with Crippen molar-refractivity contribution in [1.29, 1.82) is 0 Å². The molecule has 0 N–H and O–H groups in total. The second kappa shape index (κ2) is 5.31. The van der Waals surface area contributed by atoms with Gasteiger partial charge in [-0.05, 0) is 24.3 Å². The van der Waals surface area contributed by atoms with Gasteiger partial charge < -0.3 is 4.90 Å². The molecule has 0 aliphatic heterocycles. The zero-order chi connectivity index (χ0) is 15.8. The summed E-state index contributed by atoms with van der Waals surface area (Å²) in [6.07, 6.45) is 2.75. The van der Waals surface area contributed by atoms with Crippen LogP contribution in [-0.2, 0) is 13.0 Å². The van der Waals surface area contributed by atoms with Crippen molar-refractivity contribution in [2.75, 3.05) is 11.9 Å². The lowest BCUT2D eigenvalue weighted by Crippen LogP contribution is -2.20. The minimum atomic E-state index is 0.604. The van der Waals surface area contributed by atoms with E-state index in [0.29, 0.717) is 6.54 Å². The molecule has 0 saturated carbocycles. The van der Waals surface area contributed by atoms with Gasteiger partial charge >= 0.3 is 0 Å². The lowest BCUT2D eigenvalue weighted by molar-refractivity contribution is 0.768. The molecule has 23 heavy (non-hydrogen) atoms. The van der Waals surface area contributed by atoms with Crippen LogP contribution in [0.5, 0.6) is 0 Å². The molecule has 0 unspecified atom stereocenters. The number of hydrogen-bond acceptors (Lipinski definition) is 6. The Hall–Kier alpha value is -3.03. The van der Waals surface area contributed by atoms with Gasteiger partial charge in [0.15, 0.2) is 22.9 Å². The Morgan fingerprint density at radius 1 is 0.957 bits per heavy atom. The van der Waals surface area contributed by atoms with Crippen LogP contribution in [-0.4, -0.2) is 41.5 Å². The third-order valence-corrected chi connectivity index (χ3v) is 3.78. The molecule has 0 spiro atoms. The Balaban J connectivity index is 1.67. The second-order valence-electron chi connectivity index (χ2n) is 5.33. The average Bonchev–Trinajstić information content (AvgIpc) is 3.18. The van der Waals surface area contributed by atoms with Crippen LogP contribution in [0.1, 0.15) is 18.6 Å². The fourth-order valence-electron chi connectivity index (χ4n) is 2.54. The molecule has 4 rings (SSSR count). The Bertz CT molecular complexity index is 970. The van der Waals surface area contributed by atoms with E-state index in [0.717, 1.165) is 35.2 Å². The van der Waals surface area contributed by atoms with Gasteiger partial charge in [0.2, 0.25) is 0 Å². The molecular weight excluding hydrogens is 292 g/mol. The highest BCUT2D eigenvalue weighted by molar-refractivity contribution is 5.46. The van der Waals surface area contributed by atoms with E-state index in [2.05, 4.69) is 25.5 Å². The minimum Gasteiger partial charge on any atom is -0.351 e. The Morgan fingerprint density at radius 2 is 1.78 bits per heavy atom. The zero-order valence-electron chi connectivity index (χ0n) is 13.0. The molecule has 8 heteroatoms. The smallest absolute Gasteiger partial charge is 0.178 e. The van der Waals surface area contributed by atoms with Crippen molar-refractivity contribution in [2.24, 2.45) is 0 Å². The Kier molecular flexibility index (Phi) is 3.14. The third-order valence-electron chi connectivity index (χ3n) is 3.78. The molecule has 0 aliphatic carbocycles. The molecule has 4 aromatic rings. The fraction of sp³-hybridized carbons (Fsp3) is 0.267. The summed E-state index contributed by atoms with van der Waals surface area (Å²) in [6, 6.07) is 9.71. The summed E-state index contributed by atoms with van der Waals surface area (Å²) in [4.78, 5) is 2.03. The van der Waals surface area contributed by atoms with Crippen molar-refractivity contribution in [2.45, 2.75) is 19.9 Å². The Morgan fingerprint density at radius 3 is 2.65 bits per heavy atom. The van der Waals surface area contributed by atoms with Gasteiger partial charge in [0, 0.05) is 19.7 Å². The fourth-order valence-corrected chi connectivity index (χ4v) is 2.54. The molecule has 4 aromatic heterocycles. The lowest BCUT2D eigenvalue weighted by Gasteiger charge is -2.16. The first kappa shape index (κ1) is 13.6. The van der Waals surface area contributed by atoms with Crippen molar-refractivity contribution in [3.8, 4) is 0 Å². The van der Waals surface area contributed by atoms with Crippen LogP contribution in [0.25, 0.3) is 11.3 Å². The van der Waals surface area contributed by atoms with Gasteiger partial charge in [-0.25, -0.2) is 0 Å². The number of fused-ring (bicyclic) bond motifs is 2. The summed E-state index contributed by atoms with van der Waals surface area (Å²) >= 11 is 0. The van der Waals surface area contributed by atoms with E-state index in [-0.39, 0.29) is 0 Å². The monoisotopic (exact) mass is 308 g/mol. The standard InChI is InChI=1S/C15H16N8/c1-3-11-16-18-13-7-8-14(20-23(11)13)21(2)10-15-19-17-12-6-4-5-9-22(12)15/h4-9H,3,10H2,1-2H3. The highest BCUT2D eigenvalue weighted by Gasteiger charge is 2.12. The number of pyridine rings is 1. The van der Waals surface area contributed by atoms with Crippen molar-refractivity contribution < 1.29 is 0 Å². The van der Waals surface area contributed by atoms with Crippen LogP contribution in [0.15, 0.2) is 36.5 Å². The van der Waals surface area contributed by atoms with Gasteiger partial charge in [0.25, 0.3) is 0 Å². The summed E-state index contributed by atoms with van der Waals surface area (Å²) in [5.41, 5.74) is 1.60. The van der Waals surface area contributed by atoms with Gasteiger partial charge in [0.05, 0.1) is 6.54 Å². The maximum absolute atomic E-state index is 4.63. The van der Waals surface area contributed by atoms with Crippen molar-refractivity contribution >= 4 is 17.1 Å². The zero-order valence-corrected chi connectivity index (χ0v) is 13.0. The van der Waals surface area contributed by atoms with Crippen LogP contribution >= 0.6 is 0 Å². The topological polar surface area (TPSA) is 76.5 Å². The van der Waals surface area contributed by atoms with E-state index >= 15 is 0 Å². The molecular formula is C15H16N8. The highest BCUT2D eigenvalue weighted by Crippen LogP contribution is 2.14. The van der Waals surface area contributed by atoms with Crippen molar-refractivity contribution in [1.82, 2.24) is 34.4 Å².